The molecule has 0 radical (unpaired) electrons. The molecular formula is C22H25FN2O2. The maximum Gasteiger partial charge on any atom is 0.227 e. The molecule has 0 spiro atoms. The molecule has 0 unspecified atom stereocenters. The fraction of sp³-hybridized carbons (Fsp3) is 0.364. The van der Waals surface area contributed by atoms with E-state index in [1.807, 2.05) is 30.9 Å². The number of halogens is 1. The summed E-state index contributed by atoms with van der Waals surface area (Å²) in [6.07, 6.45) is 0.444. The number of rotatable bonds is 4. The molecule has 142 valence electrons. The van der Waals surface area contributed by atoms with Crippen LogP contribution in [0.1, 0.15) is 22.3 Å². The summed E-state index contributed by atoms with van der Waals surface area (Å²) in [7, 11) is 0. The third kappa shape index (κ3) is 4.73. The first kappa shape index (κ1) is 19.1. The van der Waals surface area contributed by atoms with Crippen molar-refractivity contribution in [2.75, 3.05) is 26.2 Å². The van der Waals surface area contributed by atoms with Gasteiger partial charge in [-0.15, -0.1) is 0 Å². The highest BCUT2D eigenvalue weighted by molar-refractivity contribution is 5.81. The number of piperazine rings is 1. The molecular weight excluding hydrogens is 343 g/mol. The zero-order valence-corrected chi connectivity index (χ0v) is 15.9. The van der Waals surface area contributed by atoms with Crippen LogP contribution in [-0.4, -0.2) is 47.8 Å². The van der Waals surface area contributed by atoms with E-state index in [0.29, 0.717) is 38.2 Å². The largest absolute Gasteiger partial charge is 0.339 e. The lowest BCUT2D eigenvalue weighted by Gasteiger charge is -2.35. The predicted octanol–water partition coefficient (Wildman–Crippen LogP) is 2.90. The molecule has 3 rings (SSSR count). The third-order valence-electron chi connectivity index (χ3n) is 5.13. The Labute approximate surface area is 159 Å². The highest BCUT2D eigenvalue weighted by Crippen LogP contribution is 2.14. The molecule has 0 aromatic heterocycles. The van der Waals surface area contributed by atoms with Gasteiger partial charge in [0, 0.05) is 26.2 Å². The maximum atomic E-state index is 13.7. The van der Waals surface area contributed by atoms with Crippen LogP contribution in [0, 0.1) is 19.7 Å². The number of hydrogen-bond donors (Lipinski definition) is 0. The second kappa shape index (κ2) is 8.33. The number of aryl methyl sites for hydroxylation is 2. The van der Waals surface area contributed by atoms with Gasteiger partial charge in [-0.1, -0.05) is 42.0 Å². The minimum atomic E-state index is -0.354. The molecule has 1 fully saturated rings. The summed E-state index contributed by atoms with van der Waals surface area (Å²) < 4.78 is 13.7. The number of hydrogen-bond acceptors (Lipinski definition) is 2. The van der Waals surface area contributed by atoms with Gasteiger partial charge in [-0.3, -0.25) is 9.59 Å². The van der Waals surface area contributed by atoms with E-state index in [0.717, 1.165) is 16.7 Å². The van der Waals surface area contributed by atoms with Crippen LogP contribution in [0.3, 0.4) is 0 Å². The SMILES string of the molecule is Cc1ccc(C)c(CC(=O)N2CCN(C(=O)Cc3ccccc3F)CC2)c1. The zero-order chi connectivity index (χ0) is 19.4. The summed E-state index contributed by atoms with van der Waals surface area (Å²) in [5, 5.41) is 0. The monoisotopic (exact) mass is 368 g/mol. The van der Waals surface area contributed by atoms with Crippen molar-refractivity contribution in [2.24, 2.45) is 0 Å². The van der Waals surface area contributed by atoms with Crippen LogP contribution < -0.4 is 0 Å². The standard InChI is InChI=1S/C22H25FN2O2/c1-16-7-8-17(2)19(13-16)15-22(27)25-11-9-24(10-12-25)21(26)14-18-5-3-4-6-20(18)23/h3-8,13H,9-12,14-15H2,1-2H3. The predicted molar refractivity (Wildman–Crippen MR) is 103 cm³/mol. The van der Waals surface area contributed by atoms with Crippen LogP contribution in [-0.2, 0) is 22.4 Å². The van der Waals surface area contributed by atoms with Crippen LogP contribution in [0.4, 0.5) is 4.39 Å². The number of carbonyl (C=O) groups excluding carboxylic acids is 2. The van der Waals surface area contributed by atoms with Gasteiger partial charge in [-0.05, 0) is 36.6 Å². The molecule has 27 heavy (non-hydrogen) atoms. The molecule has 0 aliphatic carbocycles. The van der Waals surface area contributed by atoms with Crippen LogP contribution in [0.25, 0.3) is 0 Å². The molecule has 1 heterocycles. The van der Waals surface area contributed by atoms with Gasteiger partial charge in [0.25, 0.3) is 0 Å². The molecule has 1 saturated heterocycles. The van der Waals surface area contributed by atoms with E-state index < -0.39 is 0 Å². The molecule has 4 nitrogen and oxygen atoms in total. The fourth-order valence-corrected chi connectivity index (χ4v) is 3.39. The Balaban J connectivity index is 1.53. The first-order valence-electron chi connectivity index (χ1n) is 9.29. The lowest BCUT2D eigenvalue weighted by Crippen LogP contribution is -2.51. The smallest absolute Gasteiger partial charge is 0.227 e. The molecule has 5 heteroatoms. The first-order chi connectivity index (χ1) is 12.9. The van der Waals surface area contributed by atoms with E-state index in [4.69, 9.17) is 0 Å². The number of amides is 2. The maximum absolute atomic E-state index is 13.7. The van der Waals surface area contributed by atoms with Crippen molar-refractivity contribution in [3.8, 4) is 0 Å². The van der Waals surface area contributed by atoms with Gasteiger partial charge >= 0.3 is 0 Å². The second-order valence-electron chi connectivity index (χ2n) is 7.14. The quantitative estimate of drug-likeness (QED) is 0.833. The molecule has 0 N–H and O–H groups in total. The normalized spacial score (nSPS) is 14.3. The Morgan fingerprint density at radius 2 is 1.41 bits per heavy atom. The highest BCUT2D eigenvalue weighted by atomic mass is 19.1. The van der Waals surface area contributed by atoms with E-state index in [9.17, 15) is 14.0 Å². The molecule has 0 bridgehead atoms. The van der Waals surface area contributed by atoms with Gasteiger partial charge in [0.15, 0.2) is 0 Å². The minimum absolute atomic E-state index is 0.0586. The van der Waals surface area contributed by atoms with E-state index in [2.05, 4.69) is 6.07 Å². The molecule has 2 aromatic carbocycles. The Kier molecular flexibility index (Phi) is 5.89. The van der Waals surface area contributed by atoms with Crippen molar-refractivity contribution in [3.63, 3.8) is 0 Å². The van der Waals surface area contributed by atoms with Crippen LogP contribution in [0.15, 0.2) is 42.5 Å². The van der Waals surface area contributed by atoms with E-state index >= 15 is 0 Å². The average Bonchev–Trinajstić information content (AvgIpc) is 2.66. The zero-order valence-electron chi connectivity index (χ0n) is 15.9. The Bertz CT molecular complexity index is 842. The summed E-state index contributed by atoms with van der Waals surface area (Å²) in [5.41, 5.74) is 3.73. The van der Waals surface area contributed by atoms with E-state index in [1.54, 1.807) is 23.1 Å². The Morgan fingerprint density at radius 3 is 2.00 bits per heavy atom. The lowest BCUT2D eigenvalue weighted by molar-refractivity contribution is -0.138. The van der Waals surface area contributed by atoms with Crippen LogP contribution >= 0.6 is 0 Å². The lowest BCUT2D eigenvalue weighted by atomic mass is 10.0. The number of carbonyl (C=O) groups is 2. The number of benzene rings is 2. The van der Waals surface area contributed by atoms with Crippen molar-refractivity contribution in [2.45, 2.75) is 26.7 Å². The first-order valence-corrected chi connectivity index (χ1v) is 9.29. The van der Waals surface area contributed by atoms with Crippen molar-refractivity contribution in [1.82, 2.24) is 9.80 Å². The summed E-state index contributed by atoms with van der Waals surface area (Å²) in [6, 6.07) is 12.5. The van der Waals surface area contributed by atoms with Crippen molar-refractivity contribution in [1.29, 1.82) is 0 Å². The Hall–Kier alpha value is -2.69. The fourth-order valence-electron chi connectivity index (χ4n) is 3.39. The van der Waals surface area contributed by atoms with Crippen molar-refractivity contribution >= 4 is 11.8 Å². The van der Waals surface area contributed by atoms with Crippen LogP contribution in [0.5, 0.6) is 0 Å². The highest BCUT2D eigenvalue weighted by Gasteiger charge is 2.24. The van der Waals surface area contributed by atoms with Gasteiger partial charge in [0.2, 0.25) is 11.8 Å². The molecule has 2 amide bonds. The summed E-state index contributed by atoms with van der Waals surface area (Å²) in [6.45, 7) is 6.06. The van der Waals surface area contributed by atoms with Crippen molar-refractivity contribution < 1.29 is 14.0 Å². The Morgan fingerprint density at radius 1 is 0.852 bits per heavy atom. The van der Waals surface area contributed by atoms with Gasteiger partial charge < -0.3 is 9.80 Å². The average molecular weight is 368 g/mol. The molecule has 0 atom stereocenters. The summed E-state index contributed by atoms with van der Waals surface area (Å²) in [5.74, 6) is -0.361. The molecule has 2 aromatic rings. The van der Waals surface area contributed by atoms with Gasteiger partial charge in [0.1, 0.15) is 5.82 Å². The topological polar surface area (TPSA) is 40.6 Å². The third-order valence-corrected chi connectivity index (χ3v) is 5.13. The van der Waals surface area contributed by atoms with Gasteiger partial charge in [-0.2, -0.15) is 0 Å². The molecule has 0 saturated carbocycles. The minimum Gasteiger partial charge on any atom is -0.339 e. The van der Waals surface area contributed by atoms with E-state index in [-0.39, 0.29) is 24.1 Å². The summed E-state index contributed by atoms with van der Waals surface area (Å²) in [4.78, 5) is 28.6. The van der Waals surface area contributed by atoms with Gasteiger partial charge in [-0.25, -0.2) is 4.39 Å². The molecule has 1 aliphatic rings. The molecule has 1 aliphatic heterocycles. The summed E-state index contributed by atoms with van der Waals surface area (Å²) >= 11 is 0. The second-order valence-corrected chi connectivity index (χ2v) is 7.14. The van der Waals surface area contributed by atoms with E-state index in [1.165, 1.54) is 6.07 Å². The van der Waals surface area contributed by atoms with Crippen molar-refractivity contribution in [3.05, 3.63) is 70.5 Å². The number of nitrogens with zero attached hydrogens (tertiary/aromatic N) is 2. The van der Waals surface area contributed by atoms with Crippen LogP contribution in [0.2, 0.25) is 0 Å². The van der Waals surface area contributed by atoms with Gasteiger partial charge in [0.05, 0.1) is 12.8 Å².